The summed E-state index contributed by atoms with van der Waals surface area (Å²) >= 11 is 5.75. The first-order chi connectivity index (χ1) is 12.5. The number of nitrogens with two attached hydrogens (primary N) is 2. The lowest BCUT2D eigenvalue weighted by Gasteiger charge is -2.10. The minimum atomic E-state index is -0.503. The van der Waals surface area contributed by atoms with Gasteiger partial charge in [-0.3, -0.25) is 0 Å². The van der Waals surface area contributed by atoms with Gasteiger partial charge >= 0.3 is 0 Å². The van der Waals surface area contributed by atoms with E-state index in [0.717, 1.165) is 0 Å². The van der Waals surface area contributed by atoms with Gasteiger partial charge in [0, 0.05) is 11.1 Å². The number of aromatic nitrogens is 2. The van der Waals surface area contributed by atoms with Crippen LogP contribution < -0.4 is 16.2 Å². The van der Waals surface area contributed by atoms with Crippen LogP contribution in [0.2, 0.25) is 5.02 Å². The summed E-state index contributed by atoms with van der Waals surface area (Å²) in [5.41, 5.74) is 12.8. The summed E-state index contributed by atoms with van der Waals surface area (Å²) in [7, 11) is 0. The molecule has 8 heteroatoms. The number of benzene rings is 2. The summed E-state index contributed by atoms with van der Waals surface area (Å²) in [5, 5.41) is 9.29. The fraction of sp³-hybridized carbons (Fsp3) is 0.0556. The topological polar surface area (TPSA) is 111 Å². The van der Waals surface area contributed by atoms with E-state index in [2.05, 4.69) is 9.97 Å². The van der Waals surface area contributed by atoms with Crippen molar-refractivity contribution in [1.82, 2.24) is 9.97 Å². The van der Waals surface area contributed by atoms with Gasteiger partial charge in [-0.25, -0.2) is 9.37 Å². The van der Waals surface area contributed by atoms with E-state index in [1.807, 2.05) is 6.07 Å². The molecule has 0 saturated carbocycles. The number of rotatable bonds is 4. The molecule has 0 aliphatic rings. The molecule has 3 rings (SSSR count). The Morgan fingerprint density at radius 3 is 2.54 bits per heavy atom. The van der Waals surface area contributed by atoms with Crippen molar-refractivity contribution in [3.05, 3.63) is 64.4 Å². The molecule has 1 heterocycles. The van der Waals surface area contributed by atoms with Crippen molar-refractivity contribution < 1.29 is 9.13 Å². The second kappa shape index (κ2) is 7.25. The van der Waals surface area contributed by atoms with Crippen LogP contribution in [-0.4, -0.2) is 9.97 Å². The Morgan fingerprint density at radius 2 is 1.85 bits per heavy atom. The number of nitrogens with zero attached hydrogens (tertiary/aromatic N) is 3. The lowest BCUT2D eigenvalue weighted by molar-refractivity contribution is 0.300. The SMILES string of the molecule is N#Cc1c(N)nc(N)nc1-c1ccc(OCc2cccc(Cl)c2F)cc1. The van der Waals surface area contributed by atoms with Crippen molar-refractivity contribution >= 4 is 23.4 Å². The van der Waals surface area contributed by atoms with Crippen LogP contribution in [0.3, 0.4) is 0 Å². The molecule has 130 valence electrons. The van der Waals surface area contributed by atoms with Gasteiger partial charge < -0.3 is 16.2 Å². The number of hydrogen-bond acceptors (Lipinski definition) is 6. The predicted molar refractivity (Wildman–Crippen MR) is 96.7 cm³/mol. The van der Waals surface area contributed by atoms with Gasteiger partial charge in [-0.05, 0) is 30.3 Å². The molecular formula is C18H13ClFN5O. The molecule has 4 N–H and O–H groups in total. The van der Waals surface area contributed by atoms with Crippen LogP contribution in [0, 0.1) is 17.1 Å². The molecule has 0 amide bonds. The minimum Gasteiger partial charge on any atom is -0.489 e. The van der Waals surface area contributed by atoms with Crippen molar-refractivity contribution in [3.63, 3.8) is 0 Å². The van der Waals surface area contributed by atoms with Gasteiger partial charge in [0.1, 0.15) is 35.6 Å². The molecule has 0 spiro atoms. The predicted octanol–water partition coefficient (Wildman–Crippen LogP) is 3.55. The molecule has 3 aromatic rings. The summed E-state index contributed by atoms with van der Waals surface area (Å²) in [4.78, 5) is 7.86. The molecule has 1 aromatic heterocycles. The van der Waals surface area contributed by atoms with Crippen molar-refractivity contribution in [1.29, 1.82) is 5.26 Å². The zero-order valence-electron chi connectivity index (χ0n) is 13.4. The normalized spacial score (nSPS) is 10.3. The molecule has 6 nitrogen and oxygen atoms in total. The van der Waals surface area contributed by atoms with Crippen LogP contribution in [0.4, 0.5) is 16.2 Å². The molecule has 0 unspecified atom stereocenters. The first-order valence-corrected chi connectivity index (χ1v) is 7.86. The lowest BCUT2D eigenvalue weighted by atomic mass is 10.1. The quantitative estimate of drug-likeness (QED) is 0.727. The average molecular weight is 370 g/mol. The van der Waals surface area contributed by atoms with Gasteiger partial charge in [-0.2, -0.15) is 10.2 Å². The first kappa shape index (κ1) is 17.5. The third-order valence-electron chi connectivity index (χ3n) is 3.62. The standard InChI is InChI=1S/C18H13ClFN5O/c19-14-3-1-2-11(15(14)20)9-26-12-6-4-10(5-7-12)16-13(8-21)17(22)25-18(23)24-16/h1-7H,9H2,(H4,22,23,24,25). The van der Waals surface area contributed by atoms with E-state index in [1.54, 1.807) is 36.4 Å². The van der Waals surface area contributed by atoms with Crippen molar-refractivity contribution in [2.45, 2.75) is 6.61 Å². The summed E-state index contributed by atoms with van der Waals surface area (Å²) < 4.78 is 19.4. The Morgan fingerprint density at radius 1 is 1.12 bits per heavy atom. The maximum atomic E-state index is 13.9. The highest BCUT2D eigenvalue weighted by molar-refractivity contribution is 6.30. The fourth-order valence-electron chi connectivity index (χ4n) is 2.35. The van der Waals surface area contributed by atoms with E-state index < -0.39 is 5.82 Å². The van der Waals surface area contributed by atoms with Gasteiger partial charge in [0.15, 0.2) is 0 Å². The molecule has 0 radical (unpaired) electrons. The van der Waals surface area contributed by atoms with Gasteiger partial charge in [0.2, 0.25) is 5.95 Å². The fourth-order valence-corrected chi connectivity index (χ4v) is 2.54. The largest absolute Gasteiger partial charge is 0.489 e. The molecule has 0 atom stereocenters. The lowest BCUT2D eigenvalue weighted by Crippen LogP contribution is -2.05. The van der Waals surface area contributed by atoms with Gasteiger partial charge in [0.05, 0.1) is 10.7 Å². The second-order valence-electron chi connectivity index (χ2n) is 5.33. The van der Waals surface area contributed by atoms with Crippen LogP contribution in [0.1, 0.15) is 11.1 Å². The van der Waals surface area contributed by atoms with Gasteiger partial charge in [-0.15, -0.1) is 0 Å². The highest BCUT2D eigenvalue weighted by Gasteiger charge is 2.13. The Bertz CT molecular complexity index is 1000. The highest BCUT2D eigenvalue weighted by Crippen LogP contribution is 2.27. The maximum absolute atomic E-state index is 13.9. The van der Waals surface area contributed by atoms with Crippen LogP contribution in [0.15, 0.2) is 42.5 Å². The summed E-state index contributed by atoms with van der Waals surface area (Å²) in [5.74, 6) is 0.0121. The molecule has 0 bridgehead atoms. The van der Waals surface area contributed by atoms with E-state index in [9.17, 15) is 9.65 Å². The molecule has 0 aliphatic carbocycles. The van der Waals surface area contributed by atoms with Crippen molar-refractivity contribution in [3.8, 4) is 23.1 Å². The number of anilines is 2. The number of nitriles is 1. The number of ether oxygens (including phenoxy) is 1. The molecule has 0 fully saturated rings. The van der Waals surface area contributed by atoms with Crippen LogP contribution >= 0.6 is 11.6 Å². The Hall–Kier alpha value is -3.37. The Balaban J connectivity index is 1.82. The zero-order chi connectivity index (χ0) is 18.7. The van der Waals surface area contributed by atoms with Crippen LogP contribution in [-0.2, 0) is 6.61 Å². The Labute approximate surface area is 153 Å². The van der Waals surface area contributed by atoms with Crippen LogP contribution in [0.5, 0.6) is 5.75 Å². The number of hydrogen-bond donors (Lipinski definition) is 2. The van der Waals surface area contributed by atoms with E-state index in [1.165, 1.54) is 6.07 Å². The monoisotopic (exact) mass is 369 g/mol. The third-order valence-corrected chi connectivity index (χ3v) is 3.91. The van der Waals surface area contributed by atoms with Crippen molar-refractivity contribution in [2.24, 2.45) is 0 Å². The average Bonchev–Trinajstić information content (AvgIpc) is 2.63. The van der Waals surface area contributed by atoms with Crippen LogP contribution in [0.25, 0.3) is 11.3 Å². The molecule has 2 aromatic carbocycles. The maximum Gasteiger partial charge on any atom is 0.222 e. The summed E-state index contributed by atoms with van der Waals surface area (Å²) in [6, 6.07) is 13.4. The third kappa shape index (κ3) is 3.50. The second-order valence-corrected chi connectivity index (χ2v) is 5.74. The van der Waals surface area contributed by atoms with Gasteiger partial charge in [-0.1, -0.05) is 23.7 Å². The molecule has 0 aliphatic heterocycles. The van der Waals surface area contributed by atoms with Gasteiger partial charge in [0.25, 0.3) is 0 Å². The highest BCUT2D eigenvalue weighted by atomic mass is 35.5. The summed E-state index contributed by atoms with van der Waals surface area (Å²) in [6.45, 7) is 0.0303. The number of nitrogen functional groups attached to an aromatic ring is 2. The minimum absolute atomic E-state index is 0.0201. The Kier molecular flexibility index (Phi) is 4.87. The van der Waals surface area contributed by atoms with E-state index in [-0.39, 0.29) is 29.0 Å². The molecule has 0 saturated heterocycles. The van der Waals surface area contributed by atoms with Crippen molar-refractivity contribution in [2.75, 3.05) is 11.5 Å². The zero-order valence-corrected chi connectivity index (χ0v) is 14.2. The van der Waals surface area contributed by atoms with E-state index in [4.69, 9.17) is 27.8 Å². The summed E-state index contributed by atoms with van der Waals surface area (Å²) in [6.07, 6.45) is 0. The molecule has 26 heavy (non-hydrogen) atoms. The first-order valence-electron chi connectivity index (χ1n) is 7.49. The smallest absolute Gasteiger partial charge is 0.222 e. The van der Waals surface area contributed by atoms with E-state index >= 15 is 0 Å². The molecular weight excluding hydrogens is 357 g/mol. The number of halogens is 2. The van der Waals surface area contributed by atoms with E-state index in [0.29, 0.717) is 22.6 Å².